The van der Waals surface area contributed by atoms with E-state index in [1.807, 2.05) is 33.9 Å². The molecule has 0 spiro atoms. The third-order valence-corrected chi connectivity index (χ3v) is 16.1. The highest BCUT2D eigenvalue weighted by Crippen LogP contribution is 2.54. The summed E-state index contributed by atoms with van der Waals surface area (Å²) < 4.78 is 72.0. The van der Waals surface area contributed by atoms with Gasteiger partial charge in [-0.25, -0.2) is 24.5 Å². The number of H-pyrrole nitrogens is 1. The van der Waals surface area contributed by atoms with Crippen LogP contribution in [0.25, 0.3) is 22.3 Å². The summed E-state index contributed by atoms with van der Waals surface area (Å²) in [6.07, 6.45) is -7.29. The van der Waals surface area contributed by atoms with Gasteiger partial charge in [0.15, 0.2) is 43.4 Å². The minimum atomic E-state index is -5.05. The molecule has 281 valence electrons. The van der Waals surface area contributed by atoms with Crippen molar-refractivity contribution in [1.29, 1.82) is 0 Å². The maximum atomic E-state index is 14.0. The first-order valence-electron chi connectivity index (χ1n) is 15.9. The third-order valence-electron chi connectivity index (χ3n) is 9.56. The van der Waals surface area contributed by atoms with Gasteiger partial charge in [0.2, 0.25) is 5.95 Å². The summed E-state index contributed by atoms with van der Waals surface area (Å²) in [5.41, 5.74) is 11.4. The van der Waals surface area contributed by atoms with Crippen LogP contribution in [0.5, 0.6) is 0 Å². The van der Waals surface area contributed by atoms with E-state index >= 15 is 0 Å². The molecule has 4 aromatic rings. The molecule has 0 aliphatic carbocycles. The van der Waals surface area contributed by atoms with Gasteiger partial charge in [-0.15, -0.1) is 0 Å². The van der Waals surface area contributed by atoms with Crippen molar-refractivity contribution in [2.24, 2.45) is 0 Å². The molecule has 0 amide bonds. The molecular formula is C26H37BN10O12P2Si-. The lowest BCUT2D eigenvalue weighted by Crippen LogP contribution is -2.50. The highest BCUT2D eigenvalue weighted by Gasteiger charge is 2.55. The molecule has 3 saturated heterocycles. The maximum Gasteiger partial charge on any atom is 0.472 e. The van der Waals surface area contributed by atoms with E-state index in [4.69, 9.17) is 51.0 Å². The number of anilines is 2. The molecule has 7 heterocycles. The fraction of sp³-hybridized carbons (Fsp3) is 0.615. The number of phosphoric ester groups is 1. The zero-order valence-corrected chi connectivity index (χ0v) is 31.3. The Hall–Kier alpha value is -3.12. The van der Waals surface area contributed by atoms with E-state index in [1.54, 1.807) is 0 Å². The molecule has 10 atom stereocenters. The Morgan fingerprint density at radius 2 is 1.62 bits per heavy atom. The number of hydrogen-bond acceptors (Lipinski definition) is 18. The van der Waals surface area contributed by atoms with Crippen LogP contribution in [0.3, 0.4) is 0 Å². The van der Waals surface area contributed by atoms with Crippen molar-refractivity contribution < 1.29 is 51.1 Å². The molecule has 3 aliphatic rings. The van der Waals surface area contributed by atoms with E-state index in [0.29, 0.717) is 0 Å². The van der Waals surface area contributed by atoms with Crippen molar-refractivity contribution in [3.05, 3.63) is 29.3 Å². The van der Waals surface area contributed by atoms with Crippen LogP contribution in [-0.2, 0) is 41.1 Å². The summed E-state index contributed by atoms with van der Waals surface area (Å²) in [6.45, 7) is 8.52. The molecule has 3 fully saturated rings. The largest absolute Gasteiger partial charge is 0.472 e. The van der Waals surface area contributed by atoms with Crippen molar-refractivity contribution in [3.63, 3.8) is 0 Å². The van der Waals surface area contributed by atoms with Crippen LogP contribution in [0.1, 0.15) is 33.2 Å². The maximum absolute atomic E-state index is 14.0. The lowest BCUT2D eigenvalue weighted by molar-refractivity contribution is -0.0619. The predicted molar refractivity (Wildman–Crippen MR) is 183 cm³/mol. The molecule has 7 rings (SSSR count). The molecule has 3 radical (unpaired) electrons. The van der Waals surface area contributed by atoms with E-state index in [2.05, 4.69) is 29.9 Å². The number of rotatable bonds is 4. The summed E-state index contributed by atoms with van der Waals surface area (Å²) in [4.78, 5) is 46.6. The van der Waals surface area contributed by atoms with Crippen LogP contribution < -0.4 is 17.0 Å². The van der Waals surface area contributed by atoms with Crippen LogP contribution in [0, 0.1) is 0 Å². The number of aliphatic hydroxyl groups is 1. The SMILES string of the molecule is [B-]P1(=O)OC[C@H]2O[C@@H](n3cnc4c(N)ncnc43)[C@@H](O)C2OP(=O)(O)OC[C@H]2O[C@@H](n3cnc4c(=O)[nH]c(N)nc43)C(O1)[C@H]2O[Si](C)(C)C(C)(C)C. The Kier molecular flexibility index (Phi) is 9.32. The van der Waals surface area contributed by atoms with Gasteiger partial charge in [0.1, 0.15) is 48.5 Å². The van der Waals surface area contributed by atoms with Gasteiger partial charge in [-0.1, -0.05) is 20.8 Å². The number of phosphoric acid groups is 1. The summed E-state index contributed by atoms with van der Waals surface area (Å²) in [5.74, 6) is -0.156. The smallest absolute Gasteiger partial charge is 0.444 e. The number of aliphatic hydroxyl groups excluding tert-OH is 1. The topological polar surface area (TPSA) is 298 Å². The molecule has 22 nitrogen and oxygen atoms in total. The zero-order chi connectivity index (χ0) is 37.5. The van der Waals surface area contributed by atoms with E-state index in [1.165, 1.54) is 28.1 Å². The Bertz CT molecular complexity index is 2160. The number of aromatic nitrogens is 8. The minimum Gasteiger partial charge on any atom is -0.444 e. The van der Waals surface area contributed by atoms with Gasteiger partial charge in [0.25, 0.3) is 5.56 Å². The molecule has 2 bridgehead atoms. The van der Waals surface area contributed by atoms with Crippen LogP contribution in [0.2, 0.25) is 18.1 Å². The van der Waals surface area contributed by atoms with Crippen molar-refractivity contribution in [2.75, 3.05) is 24.7 Å². The van der Waals surface area contributed by atoms with Gasteiger partial charge in [-0.3, -0.25) is 28.0 Å². The molecule has 4 aromatic heterocycles. The average molecular weight is 782 g/mol. The first-order chi connectivity index (χ1) is 24.3. The van der Waals surface area contributed by atoms with Crippen molar-refractivity contribution in [3.8, 4) is 0 Å². The second-order valence-electron chi connectivity index (χ2n) is 14.1. The van der Waals surface area contributed by atoms with Crippen LogP contribution in [0.4, 0.5) is 11.8 Å². The van der Waals surface area contributed by atoms with Gasteiger partial charge >= 0.3 is 7.82 Å². The Morgan fingerprint density at radius 1 is 0.962 bits per heavy atom. The van der Waals surface area contributed by atoms with Crippen molar-refractivity contribution >= 4 is 65.3 Å². The lowest BCUT2D eigenvalue weighted by Gasteiger charge is -2.41. The van der Waals surface area contributed by atoms with E-state index < -0.39 is 91.5 Å². The summed E-state index contributed by atoms with van der Waals surface area (Å²) in [6, 6.07) is 0. The second-order valence-corrected chi connectivity index (χ2v) is 21.8. The Balaban J connectivity index is 1.27. The van der Waals surface area contributed by atoms with Crippen LogP contribution >= 0.6 is 15.3 Å². The monoisotopic (exact) mass is 782 g/mol. The Labute approximate surface area is 297 Å². The molecule has 4 unspecified atom stereocenters. The normalized spacial score (nSPS) is 34.9. The lowest BCUT2D eigenvalue weighted by atomic mass is 10.1. The zero-order valence-electron chi connectivity index (χ0n) is 28.5. The fourth-order valence-corrected chi connectivity index (χ4v) is 9.23. The van der Waals surface area contributed by atoms with Gasteiger partial charge < -0.3 is 56.5 Å². The Morgan fingerprint density at radius 3 is 2.33 bits per heavy atom. The number of hydrogen-bond donors (Lipinski definition) is 5. The molecule has 0 saturated carbocycles. The second kappa shape index (κ2) is 13.0. The molecule has 26 heteroatoms. The highest BCUT2D eigenvalue weighted by molar-refractivity contribution is 7.79. The van der Waals surface area contributed by atoms with Crippen molar-refractivity contribution in [1.82, 2.24) is 39.0 Å². The predicted octanol–water partition coefficient (Wildman–Crippen LogP) is 0.864. The quantitative estimate of drug-likeness (QED) is 0.142. The van der Waals surface area contributed by atoms with E-state index in [0.717, 1.165) is 0 Å². The van der Waals surface area contributed by atoms with Crippen molar-refractivity contribution in [2.45, 2.75) is 88.0 Å². The average Bonchev–Trinajstić information content (AvgIpc) is 3.80. The summed E-state index contributed by atoms with van der Waals surface area (Å²) >= 11 is 0. The number of nitrogens with zero attached hydrogens (tertiary/aromatic N) is 7. The van der Waals surface area contributed by atoms with Crippen LogP contribution in [0.15, 0.2) is 23.8 Å². The molecule has 0 aromatic carbocycles. The first-order valence-corrected chi connectivity index (χ1v) is 22.0. The molecule has 7 N–H and O–H groups in total. The summed E-state index contributed by atoms with van der Waals surface area (Å²) in [5, 5.41) is 11.0. The highest BCUT2D eigenvalue weighted by atomic mass is 31.2. The molecule has 3 aliphatic heterocycles. The fourth-order valence-electron chi connectivity index (χ4n) is 5.97. The first kappa shape index (κ1) is 37.2. The van der Waals surface area contributed by atoms with Gasteiger partial charge in [-0.05, 0) is 18.1 Å². The van der Waals surface area contributed by atoms with Crippen LogP contribution in [-0.4, -0.2) is 115 Å². The third kappa shape index (κ3) is 6.75. The number of fused-ring (bicyclic) bond motifs is 5. The number of nitrogens with two attached hydrogens (primary N) is 2. The number of nitrogens with one attached hydrogen (secondary N) is 1. The van der Waals surface area contributed by atoms with Gasteiger partial charge in [-0.2, -0.15) is 4.98 Å². The number of ether oxygens (including phenoxy) is 2. The molecular weight excluding hydrogens is 745 g/mol. The minimum absolute atomic E-state index is 0.0150. The van der Waals surface area contributed by atoms with E-state index in [9.17, 15) is 23.9 Å². The van der Waals surface area contributed by atoms with Gasteiger partial charge in [0, 0.05) is 0 Å². The molecule has 52 heavy (non-hydrogen) atoms. The van der Waals surface area contributed by atoms with E-state index in [-0.39, 0.29) is 39.1 Å². The summed E-state index contributed by atoms with van der Waals surface area (Å²) in [7, 11) is -6.19. The number of nitrogen functional groups attached to an aromatic ring is 2. The standard InChI is InChI=1S/C26H37BN10O12P2Si/c1-26(2,3)52(4,5)49-17-12-7-44-51(41,42)48-16-11(45-23(15(16)38)36-9-32-13-19(28)30-8-31-20(13)36)6-43-50(27,40)47-18(17)24(46-12)37-10-33-14-21(37)34-25(29)35-22(14)39/h8-12,15-18,23-24,38H,6-7H2,1-5H3,(H,41,42)(H2,28,30,31)(H3,29,34,35,39)/q-1/t11-,12-,15+,16?,17+,18?,23-,24-,50?/m1/s1. The number of imidazole rings is 2. The number of aromatic amines is 1. The van der Waals surface area contributed by atoms with Gasteiger partial charge in [0.05, 0.1) is 33.3 Å².